The molecule has 8 heteroatoms. The molecule has 2 aromatic carbocycles. The van der Waals surface area contributed by atoms with Crippen LogP contribution in [-0.2, 0) is 9.53 Å². The molecular formula is C24H27NO5S2. The lowest BCUT2D eigenvalue weighted by molar-refractivity contribution is -0.115. The zero-order valence-corrected chi connectivity index (χ0v) is 20.1. The monoisotopic (exact) mass is 473 g/mol. The summed E-state index contributed by atoms with van der Waals surface area (Å²) in [4.78, 5) is 12.4. The van der Waals surface area contributed by atoms with Crippen LogP contribution in [-0.4, -0.2) is 43.3 Å². The number of carbonyl (C=O) groups is 1. The maximum absolute atomic E-state index is 11.9. The van der Waals surface area contributed by atoms with Gasteiger partial charge in [-0.1, -0.05) is 36.1 Å². The molecule has 1 fully saturated rings. The molecule has 2 aromatic rings. The Morgan fingerprint density at radius 2 is 1.72 bits per heavy atom. The number of benzene rings is 2. The van der Waals surface area contributed by atoms with Gasteiger partial charge in [0.25, 0.3) is 5.91 Å². The molecule has 0 radical (unpaired) electrons. The van der Waals surface area contributed by atoms with Gasteiger partial charge in [0.15, 0.2) is 11.5 Å². The maximum atomic E-state index is 11.9. The molecule has 6 nitrogen and oxygen atoms in total. The molecule has 170 valence electrons. The van der Waals surface area contributed by atoms with Crippen molar-refractivity contribution in [1.29, 1.82) is 0 Å². The van der Waals surface area contributed by atoms with Crippen LogP contribution in [0.3, 0.4) is 0 Å². The molecule has 0 bridgehead atoms. The van der Waals surface area contributed by atoms with Crippen molar-refractivity contribution in [2.45, 2.75) is 20.8 Å². The third kappa shape index (κ3) is 6.98. The van der Waals surface area contributed by atoms with Gasteiger partial charge in [-0.15, -0.1) is 0 Å². The molecule has 0 atom stereocenters. The summed E-state index contributed by atoms with van der Waals surface area (Å²) in [6.07, 6.45) is 1.78. The van der Waals surface area contributed by atoms with Gasteiger partial charge in [0.2, 0.25) is 0 Å². The van der Waals surface area contributed by atoms with E-state index in [1.807, 2.05) is 43.3 Å². The highest BCUT2D eigenvalue weighted by Gasteiger charge is 2.22. The van der Waals surface area contributed by atoms with Gasteiger partial charge in [-0.25, -0.2) is 0 Å². The molecule has 1 amide bonds. The van der Waals surface area contributed by atoms with E-state index in [9.17, 15) is 4.79 Å². The van der Waals surface area contributed by atoms with Crippen molar-refractivity contribution in [1.82, 2.24) is 5.32 Å². The molecule has 1 N–H and O–H groups in total. The Morgan fingerprint density at radius 1 is 0.938 bits per heavy atom. The average Bonchev–Trinajstić information content (AvgIpc) is 3.08. The molecule has 1 aliphatic heterocycles. The Labute approximate surface area is 198 Å². The second-order valence-electron chi connectivity index (χ2n) is 7.05. The Balaban J connectivity index is 1.45. The third-order valence-electron chi connectivity index (χ3n) is 4.67. The van der Waals surface area contributed by atoms with E-state index in [1.165, 1.54) is 22.9 Å². The number of rotatable bonds is 11. The van der Waals surface area contributed by atoms with Gasteiger partial charge in [0.1, 0.15) is 23.3 Å². The van der Waals surface area contributed by atoms with E-state index in [-0.39, 0.29) is 5.91 Å². The second kappa shape index (κ2) is 11.9. The number of ether oxygens (including phenoxy) is 4. The normalized spacial score (nSPS) is 14.5. The smallest absolute Gasteiger partial charge is 0.263 e. The summed E-state index contributed by atoms with van der Waals surface area (Å²) >= 11 is 6.27. The number of thiocarbonyl (C=S) groups is 1. The summed E-state index contributed by atoms with van der Waals surface area (Å²) in [6, 6.07) is 11.6. The molecule has 1 aliphatic rings. The van der Waals surface area contributed by atoms with Crippen molar-refractivity contribution in [3.05, 3.63) is 58.0 Å². The predicted molar refractivity (Wildman–Crippen MR) is 132 cm³/mol. The van der Waals surface area contributed by atoms with E-state index in [2.05, 4.69) is 19.2 Å². The van der Waals surface area contributed by atoms with Gasteiger partial charge in [0, 0.05) is 0 Å². The highest BCUT2D eigenvalue weighted by atomic mass is 32.2. The number of nitrogens with one attached hydrogen (secondary N) is 1. The molecule has 0 aromatic heterocycles. The number of hydrogen-bond donors (Lipinski definition) is 1. The van der Waals surface area contributed by atoms with Crippen LogP contribution >= 0.6 is 24.0 Å². The molecule has 3 rings (SSSR count). The minimum Gasteiger partial charge on any atom is -0.491 e. The molecule has 1 saturated heterocycles. The van der Waals surface area contributed by atoms with Crippen molar-refractivity contribution in [3.8, 4) is 17.2 Å². The van der Waals surface area contributed by atoms with Crippen LogP contribution in [0.2, 0.25) is 0 Å². The van der Waals surface area contributed by atoms with E-state index in [0.717, 1.165) is 11.3 Å². The summed E-state index contributed by atoms with van der Waals surface area (Å²) < 4.78 is 23.3. The van der Waals surface area contributed by atoms with Crippen molar-refractivity contribution >= 4 is 40.3 Å². The van der Waals surface area contributed by atoms with Crippen LogP contribution in [0.15, 0.2) is 41.3 Å². The summed E-state index contributed by atoms with van der Waals surface area (Å²) in [5, 5.41) is 2.61. The van der Waals surface area contributed by atoms with Gasteiger partial charge < -0.3 is 24.3 Å². The molecule has 0 unspecified atom stereocenters. The number of hydrogen-bond acceptors (Lipinski definition) is 7. The minimum absolute atomic E-state index is 0.183. The van der Waals surface area contributed by atoms with Crippen LogP contribution in [0.5, 0.6) is 17.2 Å². The van der Waals surface area contributed by atoms with E-state index in [1.54, 1.807) is 6.08 Å². The Bertz CT molecular complexity index is 1010. The number of amides is 1. The number of thioether (sulfide) groups is 1. The van der Waals surface area contributed by atoms with Gasteiger partial charge in [-0.05, 0) is 67.8 Å². The summed E-state index contributed by atoms with van der Waals surface area (Å²) in [6.45, 7) is 8.32. The van der Waals surface area contributed by atoms with Crippen molar-refractivity contribution in [2.24, 2.45) is 0 Å². The highest BCUT2D eigenvalue weighted by molar-refractivity contribution is 8.26. The van der Waals surface area contributed by atoms with Crippen LogP contribution in [0.1, 0.15) is 23.6 Å². The SMILES string of the molecule is CCOc1cc(/C=C2/SC(=S)NC2=O)ccc1OCCOCCOc1ccc(C)c(C)c1. The van der Waals surface area contributed by atoms with E-state index >= 15 is 0 Å². The highest BCUT2D eigenvalue weighted by Crippen LogP contribution is 2.31. The predicted octanol–water partition coefficient (Wildman–Crippen LogP) is 4.67. The van der Waals surface area contributed by atoms with E-state index in [0.29, 0.717) is 53.8 Å². The lowest BCUT2D eigenvalue weighted by Gasteiger charge is -2.13. The first kappa shape index (κ1) is 24.1. The first-order valence-electron chi connectivity index (χ1n) is 10.4. The fraction of sp³-hybridized carbons (Fsp3) is 0.333. The van der Waals surface area contributed by atoms with Crippen LogP contribution in [0.25, 0.3) is 6.08 Å². The van der Waals surface area contributed by atoms with Crippen molar-refractivity contribution in [3.63, 3.8) is 0 Å². The number of carbonyl (C=O) groups excluding carboxylic acids is 1. The molecule has 0 spiro atoms. The van der Waals surface area contributed by atoms with Crippen LogP contribution < -0.4 is 19.5 Å². The van der Waals surface area contributed by atoms with Gasteiger partial charge in [0.05, 0.1) is 24.7 Å². The largest absolute Gasteiger partial charge is 0.491 e. The minimum atomic E-state index is -0.183. The molecule has 0 aliphatic carbocycles. The molecular weight excluding hydrogens is 446 g/mol. The first-order chi connectivity index (χ1) is 15.5. The lowest BCUT2D eigenvalue weighted by atomic mass is 10.1. The van der Waals surface area contributed by atoms with Crippen LogP contribution in [0.4, 0.5) is 0 Å². The molecule has 1 heterocycles. The topological polar surface area (TPSA) is 66.0 Å². The Morgan fingerprint density at radius 3 is 2.41 bits per heavy atom. The summed E-state index contributed by atoms with van der Waals surface area (Å²) in [7, 11) is 0. The zero-order chi connectivity index (χ0) is 22.9. The van der Waals surface area contributed by atoms with Gasteiger partial charge in [-0.2, -0.15) is 0 Å². The summed E-state index contributed by atoms with van der Waals surface area (Å²) in [5.74, 6) is 1.91. The quantitative estimate of drug-likeness (QED) is 0.289. The Hall–Kier alpha value is -2.55. The van der Waals surface area contributed by atoms with E-state index in [4.69, 9.17) is 31.2 Å². The first-order valence-corrected chi connectivity index (χ1v) is 11.6. The van der Waals surface area contributed by atoms with Gasteiger partial charge in [-0.3, -0.25) is 4.79 Å². The van der Waals surface area contributed by atoms with Gasteiger partial charge >= 0.3 is 0 Å². The lowest BCUT2D eigenvalue weighted by Crippen LogP contribution is -2.17. The van der Waals surface area contributed by atoms with Crippen LogP contribution in [0, 0.1) is 13.8 Å². The second-order valence-corrected chi connectivity index (χ2v) is 8.77. The fourth-order valence-corrected chi connectivity index (χ4v) is 3.95. The number of aryl methyl sites for hydroxylation is 2. The molecule has 32 heavy (non-hydrogen) atoms. The fourth-order valence-electron chi connectivity index (χ4n) is 2.91. The standard InChI is InChI=1S/C24H27NO5S2/c1-4-28-21-14-18(15-22-23(26)25-24(31)32-22)6-8-20(21)30-12-10-27-9-11-29-19-7-5-16(2)17(3)13-19/h5-8,13-15H,4,9-12H2,1-3H3,(H,25,26,31)/b22-15+. The maximum Gasteiger partial charge on any atom is 0.263 e. The van der Waals surface area contributed by atoms with Crippen molar-refractivity contribution < 1.29 is 23.7 Å². The van der Waals surface area contributed by atoms with Crippen molar-refractivity contribution in [2.75, 3.05) is 33.0 Å². The molecule has 0 saturated carbocycles. The Kier molecular flexibility index (Phi) is 8.96. The van der Waals surface area contributed by atoms with E-state index < -0.39 is 0 Å². The third-order valence-corrected chi connectivity index (χ3v) is 5.83. The zero-order valence-electron chi connectivity index (χ0n) is 18.4. The average molecular weight is 474 g/mol. The summed E-state index contributed by atoms with van der Waals surface area (Å²) in [5.41, 5.74) is 3.29.